The molecule has 0 bridgehead atoms. The van der Waals surface area contributed by atoms with Crippen molar-refractivity contribution >= 4 is 28.1 Å². The molecule has 0 unspecified atom stereocenters. The zero-order valence-electron chi connectivity index (χ0n) is 19.5. The lowest BCUT2D eigenvalue weighted by molar-refractivity contribution is 0.102. The first-order valence-electron chi connectivity index (χ1n) is 11.7. The summed E-state index contributed by atoms with van der Waals surface area (Å²) in [6.45, 7) is 0.261. The van der Waals surface area contributed by atoms with E-state index in [0.29, 0.717) is 39.1 Å². The molecule has 0 radical (unpaired) electrons. The fourth-order valence-corrected chi connectivity index (χ4v) is 4.32. The molecule has 6 aromatic rings. The highest BCUT2D eigenvalue weighted by Gasteiger charge is 2.15. The third-order valence-corrected chi connectivity index (χ3v) is 6.11. The van der Waals surface area contributed by atoms with E-state index < -0.39 is 0 Å². The predicted octanol–water partition coefficient (Wildman–Crippen LogP) is 5.15. The Morgan fingerprint density at radius 3 is 2.54 bits per heavy atom. The number of benzene rings is 3. The van der Waals surface area contributed by atoms with Crippen LogP contribution >= 0.6 is 0 Å². The molecule has 7 nitrogen and oxygen atoms in total. The number of hydrogen-bond acceptors (Lipinski definition) is 4. The molecule has 0 aliphatic heterocycles. The molecule has 0 saturated carbocycles. The maximum atomic E-state index is 13.4. The highest BCUT2D eigenvalue weighted by atomic mass is 19.1. The first-order chi connectivity index (χ1) is 18.0. The summed E-state index contributed by atoms with van der Waals surface area (Å²) >= 11 is 0. The van der Waals surface area contributed by atoms with Gasteiger partial charge < -0.3 is 5.32 Å². The van der Waals surface area contributed by atoms with Crippen molar-refractivity contribution in [3.63, 3.8) is 0 Å². The van der Waals surface area contributed by atoms with Gasteiger partial charge in [-0.1, -0.05) is 36.4 Å². The third kappa shape index (κ3) is 4.36. The Kier molecular flexibility index (Phi) is 5.54. The average molecular weight is 490 g/mol. The molecule has 3 aromatic carbocycles. The number of nitrogens with zero attached hydrogens (tertiary/aromatic N) is 4. The normalized spacial score (nSPS) is 11.2. The van der Waals surface area contributed by atoms with E-state index in [1.807, 2.05) is 48.5 Å². The van der Waals surface area contributed by atoms with Crippen LogP contribution in [0.15, 0.2) is 108 Å². The van der Waals surface area contributed by atoms with Gasteiger partial charge in [-0.2, -0.15) is 0 Å². The van der Waals surface area contributed by atoms with Gasteiger partial charge in [-0.25, -0.2) is 18.9 Å². The molecule has 1 amide bonds. The number of nitrogens with one attached hydrogen (secondary N) is 1. The minimum absolute atomic E-state index is 0.235. The summed E-state index contributed by atoms with van der Waals surface area (Å²) in [6, 6.07) is 27.8. The number of rotatable bonds is 5. The predicted molar refractivity (Wildman–Crippen MR) is 140 cm³/mol. The molecule has 0 aliphatic carbocycles. The van der Waals surface area contributed by atoms with Crippen LogP contribution in [-0.2, 0) is 6.54 Å². The average Bonchev–Trinajstić information content (AvgIpc) is 3.23. The van der Waals surface area contributed by atoms with Crippen LogP contribution in [0.5, 0.6) is 0 Å². The van der Waals surface area contributed by atoms with Crippen LogP contribution in [0.1, 0.15) is 15.9 Å². The van der Waals surface area contributed by atoms with Crippen LogP contribution < -0.4 is 11.0 Å². The van der Waals surface area contributed by atoms with Gasteiger partial charge in [0.15, 0.2) is 5.65 Å². The Labute approximate surface area is 210 Å². The number of aromatic nitrogens is 4. The van der Waals surface area contributed by atoms with E-state index in [1.165, 1.54) is 21.2 Å². The van der Waals surface area contributed by atoms with E-state index in [4.69, 9.17) is 0 Å². The number of pyridine rings is 2. The van der Waals surface area contributed by atoms with Crippen molar-refractivity contribution < 1.29 is 9.18 Å². The summed E-state index contributed by atoms with van der Waals surface area (Å²) in [6.07, 6.45) is 1.68. The van der Waals surface area contributed by atoms with E-state index in [-0.39, 0.29) is 24.0 Å². The number of carbonyl (C=O) groups is 1. The number of amides is 1. The standard InChI is InChI=1S/C29H20FN5O2/c30-21-13-11-20(12-14-21)26-17-24(23-8-1-2-9-25(23)32-26)28(36)31-22-7-5-6-19(16-22)18-35-29(37)34-15-4-3-10-27(34)33-35/h1-17H,18H2,(H,31,36). The van der Waals surface area contributed by atoms with Gasteiger partial charge in [0.2, 0.25) is 0 Å². The lowest BCUT2D eigenvalue weighted by atomic mass is 10.0. The summed E-state index contributed by atoms with van der Waals surface area (Å²) in [5.41, 5.74) is 4.13. The van der Waals surface area contributed by atoms with Gasteiger partial charge in [-0.3, -0.25) is 9.20 Å². The number of hydrogen-bond donors (Lipinski definition) is 1. The second-order valence-corrected chi connectivity index (χ2v) is 8.60. The smallest absolute Gasteiger partial charge is 0.322 e. The topological polar surface area (TPSA) is 81.3 Å². The van der Waals surface area contributed by atoms with Crippen molar-refractivity contribution in [2.45, 2.75) is 6.54 Å². The van der Waals surface area contributed by atoms with Gasteiger partial charge in [0.05, 0.1) is 23.3 Å². The Hall–Kier alpha value is -5.11. The molecule has 37 heavy (non-hydrogen) atoms. The fraction of sp³-hybridized carbons (Fsp3) is 0.0345. The molecule has 6 rings (SSSR count). The molecular weight excluding hydrogens is 469 g/mol. The fourth-order valence-electron chi connectivity index (χ4n) is 4.32. The van der Waals surface area contributed by atoms with Gasteiger partial charge >= 0.3 is 5.69 Å². The van der Waals surface area contributed by atoms with Crippen molar-refractivity contribution in [1.29, 1.82) is 0 Å². The van der Waals surface area contributed by atoms with Gasteiger partial charge in [-0.15, -0.1) is 5.10 Å². The van der Waals surface area contributed by atoms with Gasteiger partial charge in [0, 0.05) is 22.8 Å². The van der Waals surface area contributed by atoms with Crippen LogP contribution in [0.4, 0.5) is 10.1 Å². The van der Waals surface area contributed by atoms with Gasteiger partial charge in [0.1, 0.15) is 5.82 Å². The Balaban J connectivity index is 1.31. The Morgan fingerprint density at radius 1 is 0.892 bits per heavy atom. The minimum atomic E-state index is -0.340. The quantitative estimate of drug-likeness (QED) is 0.363. The zero-order chi connectivity index (χ0) is 25.4. The number of para-hydroxylation sites is 1. The lowest BCUT2D eigenvalue weighted by Gasteiger charge is -2.11. The van der Waals surface area contributed by atoms with Crippen molar-refractivity contribution in [2.75, 3.05) is 5.32 Å². The molecule has 3 aromatic heterocycles. The number of halogens is 1. The SMILES string of the molecule is O=C(Nc1cccc(Cn2nc3ccccn3c2=O)c1)c1cc(-c2ccc(F)cc2)nc2ccccc12. The van der Waals surface area contributed by atoms with E-state index >= 15 is 0 Å². The van der Waals surface area contributed by atoms with Crippen molar-refractivity contribution in [1.82, 2.24) is 19.2 Å². The van der Waals surface area contributed by atoms with Gasteiger partial charge in [-0.05, 0) is 66.2 Å². The van der Waals surface area contributed by atoms with Crippen LogP contribution in [0.25, 0.3) is 27.8 Å². The van der Waals surface area contributed by atoms with E-state index in [1.54, 1.807) is 42.6 Å². The first-order valence-corrected chi connectivity index (χ1v) is 11.7. The van der Waals surface area contributed by atoms with E-state index in [0.717, 1.165) is 5.56 Å². The monoisotopic (exact) mass is 489 g/mol. The minimum Gasteiger partial charge on any atom is -0.322 e. The molecular formula is C29H20FN5O2. The maximum absolute atomic E-state index is 13.4. The van der Waals surface area contributed by atoms with Crippen LogP contribution in [0.3, 0.4) is 0 Å². The van der Waals surface area contributed by atoms with Crippen molar-refractivity contribution in [2.24, 2.45) is 0 Å². The largest absolute Gasteiger partial charge is 0.350 e. The summed E-state index contributed by atoms with van der Waals surface area (Å²) in [5.74, 6) is -0.641. The number of fused-ring (bicyclic) bond motifs is 2. The summed E-state index contributed by atoms with van der Waals surface area (Å²) < 4.78 is 16.3. The van der Waals surface area contributed by atoms with Crippen LogP contribution in [0, 0.1) is 5.82 Å². The highest BCUT2D eigenvalue weighted by molar-refractivity contribution is 6.13. The van der Waals surface area contributed by atoms with Gasteiger partial charge in [0.25, 0.3) is 5.91 Å². The first kappa shape index (κ1) is 22.4. The van der Waals surface area contributed by atoms with Crippen LogP contribution in [-0.4, -0.2) is 25.1 Å². The van der Waals surface area contributed by atoms with E-state index in [9.17, 15) is 14.0 Å². The second kappa shape index (κ2) is 9.16. The highest BCUT2D eigenvalue weighted by Crippen LogP contribution is 2.26. The third-order valence-electron chi connectivity index (χ3n) is 6.11. The number of carbonyl (C=O) groups excluding carboxylic acids is 1. The molecule has 0 saturated heterocycles. The van der Waals surface area contributed by atoms with Crippen LogP contribution in [0.2, 0.25) is 0 Å². The number of anilines is 1. The maximum Gasteiger partial charge on any atom is 0.350 e. The molecule has 1 N–H and O–H groups in total. The Bertz CT molecular complexity index is 1840. The molecule has 3 heterocycles. The molecule has 0 atom stereocenters. The summed E-state index contributed by atoms with van der Waals surface area (Å²) in [4.78, 5) is 30.7. The zero-order valence-corrected chi connectivity index (χ0v) is 19.5. The van der Waals surface area contributed by atoms with Crippen molar-refractivity contribution in [3.05, 3.63) is 131 Å². The Morgan fingerprint density at radius 2 is 1.70 bits per heavy atom. The summed E-state index contributed by atoms with van der Waals surface area (Å²) in [5, 5.41) is 8.05. The second-order valence-electron chi connectivity index (χ2n) is 8.60. The summed E-state index contributed by atoms with van der Waals surface area (Å²) in [7, 11) is 0. The lowest BCUT2D eigenvalue weighted by Crippen LogP contribution is -2.21. The van der Waals surface area contributed by atoms with Crippen molar-refractivity contribution in [3.8, 4) is 11.3 Å². The molecule has 8 heteroatoms. The molecule has 0 spiro atoms. The molecule has 0 fully saturated rings. The molecule has 180 valence electrons. The molecule has 0 aliphatic rings. The van der Waals surface area contributed by atoms with E-state index in [2.05, 4.69) is 15.4 Å².